The van der Waals surface area contributed by atoms with E-state index in [4.69, 9.17) is 0 Å². The molecule has 0 bridgehead atoms. The maximum absolute atomic E-state index is 13.6. The van der Waals surface area contributed by atoms with Crippen molar-refractivity contribution in [2.24, 2.45) is 0 Å². The summed E-state index contributed by atoms with van der Waals surface area (Å²) in [6.45, 7) is 0.190. The number of benzene rings is 2. The Balaban J connectivity index is 1.67. The Morgan fingerprint density at radius 3 is 2.52 bits per heavy atom. The summed E-state index contributed by atoms with van der Waals surface area (Å²) >= 11 is 0. The van der Waals surface area contributed by atoms with Crippen molar-refractivity contribution in [2.45, 2.75) is 6.54 Å². The first-order valence-electron chi connectivity index (χ1n) is 7.49. The van der Waals surface area contributed by atoms with E-state index in [1.807, 2.05) is 0 Å². The van der Waals surface area contributed by atoms with E-state index in [2.05, 4.69) is 20.6 Å². The Labute approximate surface area is 142 Å². The fourth-order valence-corrected chi connectivity index (χ4v) is 2.11. The quantitative estimate of drug-likeness (QED) is 0.744. The number of hydrogen-bond acceptors (Lipinski definition) is 4. The zero-order chi connectivity index (χ0) is 17.6. The Bertz CT molecular complexity index is 884. The summed E-state index contributed by atoms with van der Waals surface area (Å²) in [5, 5.41) is 5.49. The lowest BCUT2D eigenvalue weighted by Gasteiger charge is -2.08. The molecule has 5 nitrogen and oxygen atoms in total. The van der Waals surface area contributed by atoms with Gasteiger partial charge in [-0.05, 0) is 36.4 Å². The van der Waals surface area contributed by atoms with E-state index in [1.165, 1.54) is 42.6 Å². The maximum atomic E-state index is 13.6. The second-order valence-electron chi connectivity index (χ2n) is 5.17. The van der Waals surface area contributed by atoms with Crippen molar-refractivity contribution < 1.29 is 13.6 Å². The highest BCUT2D eigenvalue weighted by Gasteiger charge is 2.10. The molecule has 0 aliphatic carbocycles. The summed E-state index contributed by atoms with van der Waals surface area (Å²) in [6, 6.07) is 13.2. The van der Waals surface area contributed by atoms with Gasteiger partial charge in [-0.1, -0.05) is 18.2 Å². The Morgan fingerprint density at radius 2 is 1.76 bits per heavy atom. The van der Waals surface area contributed by atoms with Crippen LogP contribution in [-0.2, 0) is 6.54 Å². The molecule has 0 atom stereocenters. The maximum Gasteiger partial charge on any atom is 0.274 e. The molecule has 1 aromatic heterocycles. The van der Waals surface area contributed by atoms with Gasteiger partial charge in [0.25, 0.3) is 5.91 Å². The fraction of sp³-hybridized carbons (Fsp3) is 0.0556. The highest BCUT2D eigenvalue weighted by atomic mass is 19.1. The summed E-state index contributed by atoms with van der Waals surface area (Å²) in [5.41, 5.74) is 1.05. The van der Waals surface area contributed by atoms with Gasteiger partial charge in [0.05, 0.1) is 0 Å². The third kappa shape index (κ3) is 4.35. The molecule has 126 valence electrons. The largest absolute Gasteiger partial charge is 0.350 e. The van der Waals surface area contributed by atoms with E-state index in [9.17, 15) is 13.6 Å². The molecule has 0 saturated heterocycles. The van der Waals surface area contributed by atoms with Crippen LogP contribution in [-0.4, -0.2) is 15.9 Å². The highest BCUT2D eigenvalue weighted by Crippen LogP contribution is 2.11. The molecule has 0 saturated carbocycles. The first kappa shape index (κ1) is 16.5. The van der Waals surface area contributed by atoms with Crippen LogP contribution in [0, 0.1) is 11.6 Å². The Morgan fingerprint density at radius 1 is 1.00 bits per heavy atom. The lowest BCUT2D eigenvalue weighted by atomic mass is 10.2. The number of carbonyl (C=O) groups is 1. The first-order valence-corrected chi connectivity index (χ1v) is 7.49. The third-order valence-corrected chi connectivity index (χ3v) is 3.39. The number of halogens is 2. The van der Waals surface area contributed by atoms with Gasteiger partial charge in [0.15, 0.2) is 0 Å². The molecule has 1 heterocycles. The number of hydrogen-bond donors (Lipinski definition) is 2. The van der Waals surface area contributed by atoms with Gasteiger partial charge in [-0.15, -0.1) is 0 Å². The van der Waals surface area contributed by atoms with E-state index in [0.717, 1.165) is 0 Å². The predicted molar refractivity (Wildman–Crippen MR) is 90.1 cm³/mol. The van der Waals surface area contributed by atoms with Gasteiger partial charge < -0.3 is 10.6 Å². The molecule has 0 aliphatic heterocycles. The van der Waals surface area contributed by atoms with E-state index in [1.54, 1.807) is 18.2 Å². The average molecular weight is 340 g/mol. The van der Waals surface area contributed by atoms with E-state index in [-0.39, 0.29) is 29.8 Å². The third-order valence-electron chi connectivity index (χ3n) is 3.39. The molecule has 3 rings (SSSR count). The minimum Gasteiger partial charge on any atom is -0.350 e. The molecular formula is C18H14F2N4O. The monoisotopic (exact) mass is 340 g/mol. The molecule has 0 aliphatic rings. The van der Waals surface area contributed by atoms with E-state index >= 15 is 0 Å². The predicted octanol–water partition coefficient (Wildman–Crippen LogP) is 3.62. The van der Waals surface area contributed by atoms with Crippen LogP contribution in [0.15, 0.2) is 60.8 Å². The Hall–Kier alpha value is -3.35. The van der Waals surface area contributed by atoms with Crippen LogP contribution in [0.2, 0.25) is 0 Å². The van der Waals surface area contributed by atoms with Gasteiger partial charge in [-0.3, -0.25) is 4.79 Å². The summed E-state index contributed by atoms with van der Waals surface area (Å²) in [4.78, 5) is 20.3. The van der Waals surface area contributed by atoms with Crippen molar-refractivity contribution in [1.29, 1.82) is 0 Å². The second kappa shape index (κ2) is 7.48. The van der Waals surface area contributed by atoms with Crippen molar-refractivity contribution in [3.63, 3.8) is 0 Å². The van der Waals surface area contributed by atoms with Crippen LogP contribution in [0.1, 0.15) is 16.1 Å². The van der Waals surface area contributed by atoms with Gasteiger partial charge in [0.2, 0.25) is 5.95 Å². The topological polar surface area (TPSA) is 66.9 Å². The van der Waals surface area contributed by atoms with Crippen molar-refractivity contribution in [2.75, 3.05) is 10.6 Å². The van der Waals surface area contributed by atoms with Gasteiger partial charge in [-0.25, -0.2) is 18.7 Å². The van der Waals surface area contributed by atoms with Gasteiger partial charge in [0.1, 0.15) is 17.3 Å². The molecule has 1 amide bonds. The lowest BCUT2D eigenvalue weighted by Crippen LogP contribution is -2.15. The molecule has 0 unspecified atom stereocenters. The molecule has 0 spiro atoms. The van der Waals surface area contributed by atoms with Gasteiger partial charge in [-0.2, -0.15) is 0 Å². The van der Waals surface area contributed by atoms with Gasteiger partial charge in [0, 0.05) is 24.0 Å². The second-order valence-corrected chi connectivity index (χ2v) is 5.17. The van der Waals surface area contributed by atoms with Crippen LogP contribution >= 0.6 is 0 Å². The standard InChI is InChI=1S/C18H14F2N4O/c19-13-5-7-14(8-6-13)23-17(25)16-9-10-21-18(24-16)22-11-12-3-1-2-4-15(12)20/h1-10H,11H2,(H,23,25)(H,21,22,24). The molecule has 0 radical (unpaired) electrons. The Kier molecular flexibility index (Phi) is 4.94. The minimum atomic E-state index is -0.456. The number of nitrogens with zero attached hydrogens (tertiary/aromatic N) is 2. The smallest absolute Gasteiger partial charge is 0.274 e. The molecule has 3 aromatic rings. The molecular weight excluding hydrogens is 326 g/mol. The van der Waals surface area contributed by atoms with Crippen molar-refractivity contribution >= 4 is 17.5 Å². The van der Waals surface area contributed by atoms with Crippen LogP contribution in [0.4, 0.5) is 20.4 Å². The number of carbonyl (C=O) groups excluding carboxylic acids is 1. The van der Waals surface area contributed by atoms with Crippen LogP contribution in [0.5, 0.6) is 0 Å². The lowest BCUT2D eigenvalue weighted by molar-refractivity contribution is 0.102. The molecule has 2 aromatic carbocycles. The zero-order valence-electron chi connectivity index (χ0n) is 13.0. The summed E-state index contributed by atoms with van der Waals surface area (Å²) in [5.74, 6) is -0.974. The minimum absolute atomic E-state index is 0.135. The van der Waals surface area contributed by atoms with E-state index < -0.39 is 5.91 Å². The highest BCUT2D eigenvalue weighted by molar-refractivity contribution is 6.02. The molecule has 2 N–H and O–H groups in total. The first-order chi connectivity index (χ1) is 12.1. The summed E-state index contributed by atoms with van der Waals surface area (Å²) in [7, 11) is 0. The van der Waals surface area contributed by atoms with Crippen LogP contribution in [0.25, 0.3) is 0 Å². The number of rotatable bonds is 5. The fourth-order valence-electron chi connectivity index (χ4n) is 2.11. The number of nitrogens with one attached hydrogen (secondary N) is 2. The average Bonchev–Trinajstić information content (AvgIpc) is 2.63. The molecule has 25 heavy (non-hydrogen) atoms. The zero-order valence-corrected chi connectivity index (χ0v) is 13.0. The number of anilines is 2. The molecule has 7 heteroatoms. The number of aromatic nitrogens is 2. The summed E-state index contributed by atoms with van der Waals surface area (Å²) < 4.78 is 26.5. The summed E-state index contributed by atoms with van der Waals surface area (Å²) in [6.07, 6.45) is 1.43. The van der Waals surface area contributed by atoms with Crippen molar-refractivity contribution in [3.05, 3.63) is 83.7 Å². The van der Waals surface area contributed by atoms with Crippen LogP contribution < -0.4 is 10.6 Å². The normalized spacial score (nSPS) is 10.3. The van der Waals surface area contributed by atoms with E-state index in [0.29, 0.717) is 11.3 Å². The number of amides is 1. The van der Waals surface area contributed by atoms with Crippen LogP contribution in [0.3, 0.4) is 0 Å². The SMILES string of the molecule is O=C(Nc1ccc(F)cc1)c1ccnc(NCc2ccccc2F)n1. The molecule has 0 fully saturated rings. The van der Waals surface area contributed by atoms with Crippen molar-refractivity contribution in [3.8, 4) is 0 Å². The van der Waals surface area contributed by atoms with Crippen molar-refractivity contribution in [1.82, 2.24) is 9.97 Å². The van der Waals surface area contributed by atoms with Gasteiger partial charge >= 0.3 is 0 Å².